The molecule has 0 amide bonds. The molecule has 0 bridgehead atoms. The van der Waals surface area contributed by atoms with Crippen LogP contribution in [0.3, 0.4) is 0 Å². The van der Waals surface area contributed by atoms with Crippen molar-refractivity contribution in [3.8, 4) is 5.88 Å². The van der Waals surface area contributed by atoms with Gasteiger partial charge in [0.2, 0.25) is 5.88 Å². The first-order valence-electron chi connectivity index (χ1n) is 5.09. The van der Waals surface area contributed by atoms with Crippen LogP contribution in [-0.4, -0.2) is 16.6 Å². The summed E-state index contributed by atoms with van der Waals surface area (Å²) in [6.07, 6.45) is 0. The summed E-state index contributed by atoms with van der Waals surface area (Å²) in [6, 6.07) is 3.05. The summed E-state index contributed by atoms with van der Waals surface area (Å²) in [6.45, 7) is 3.28. The van der Waals surface area contributed by atoms with Crippen molar-refractivity contribution in [1.82, 2.24) is 9.97 Å². The maximum absolute atomic E-state index is 12.0. The standard InChI is InChI=1S/C11H12F2N2OS/c1-11(2,3)9-14-6-4-5-7(16-10(12)13)15-8(6)17-9/h4-5,10H,1-3H3. The van der Waals surface area contributed by atoms with Gasteiger partial charge in [-0.05, 0) is 6.07 Å². The lowest BCUT2D eigenvalue weighted by Gasteiger charge is -2.12. The second-order valence-corrected chi connectivity index (χ2v) is 5.60. The molecule has 0 radical (unpaired) electrons. The monoisotopic (exact) mass is 258 g/mol. The highest BCUT2D eigenvalue weighted by Gasteiger charge is 2.19. The van der Waals surface area contributed by atoms with E-state index in [2.05, 4.69) is 14.7 Å². The van der Waals surface area contributed by atoms with E-state index in [-0.39, 0.29) is 11.3 Å². The fraction of sp³-hybridized carbons (Fsp3) is 0.455. The Morgan fingerprint density at radius 2 is 1.94 bits per heavy atom. The van der Waals surface area contributed by atoms with Crippen molar-refractivity contribution in [2.75, 3.05) is 0 Å². The number of aromatic nitrogens is 2. The molecule has 2 rings (SSSR count). The summed E-state index contributed by atoms with van der Waals surface area (Å²) >= 11 is 1.40. The van der Waals surface area contributed by atoms with Crippen molar-refractivity contribution < 1.29 is 13.5 Å². The largest absolute Gasteiger partial charge is 0.417 e. The van der Waals surface area contributed by atoms with E-state index in [0.717, 1.165) is 5.01 Å². The van der Waals surface area contributed by atoms with Gasteiger partial charge in [0.05, 0.1) is 0 Å². The molecule has 6 heteroatoms. The zero-order chi connectivity index (χ0) is 12.6. The van der Waals surface area contributed by atoms with Gasteiger partial charge < -0.3 is 4.74 Å². The molecule has 0 atom stereocenters. The van der Waals surface area contributed by atoms with Crippen molar-refractivity contribution in [3.05, 3.63) is 17.1 Å². The first-order valence-corrected chi connectivity index (χ1v) is 5.91. The molecule has 0 unspecified atom stereocenters. The summed E-state index contributed by atoms with van der Waals surface area (Å²) < 4.78 is 28.3. The van der Waals surface area contributed by atoms with E-state index in [1.54, 1.807) is 6.07 Å². The number of hydrogen-bond donors (Lipinski definition) is 0. The van der Waals surface area contributed by atoms with Crippen molar-refractivity contribution in [2.45, 2.75) is 32.8 Å². The number of rotatable bonds is 2. The quantitative estimate of drug-likeness (QED) is 0.825. The van der Waals surface area contributed by atoms with Gasteiger partial charge in [-0.25, -0.2) is 9.97 Å². The zero-order valence-corrected chi connectivity index (χ0v) is 10.5. The normalized spacial score (nSPS) is 12.4. The van der Waals surface area contributed by atoms with Crippen LogP contribution < -0.4 is 4.74 Å². The molecule has 0 aromatic carbocycles. The average molecular weight is 258 g/mol. The summed E-state index contributed by atoms with van der Waals surface area (Å²) in [5.74, 6) is -0.0726. The topological polar surface area (TPSA) is 35.0 Å². The number of alkyl halides is 2. The SMILES string of the molecule is CC(C)(C)c1nc2ccc(OC(F)F)nc2s1. The minimum absolute atomic E-state index is 0.0726. The predicted octanol–water partition coefficient (Wildman–Crippen LogP) is 3.59. The van der Waals surface area contributed by atoms with Crippen LogP contribution in [0.5, 0.6) is 5.88 Å². The number of nitrogens with zero attached hydrogens (tertiary/aromatic N) is 2. The minimum atomic E-state index is -2.85. The second kappa shape index (κ2) is 4.18. The van der Waals surface area contributed by atoms with Crippen LogP contribution in [0.2, 0.25) is 0 Å². The molecule has 17 heavy (non-hydrogen) atoms. The van der Waals surface area contributed by atoms with Gasteiger partial charge in [-0.15, -0.1) is 0 Å². The molecule has 0 saturated heterocycles. The van der Waals surface area contributed by atoms with E-state index >= 15 is 0 Å². The Bertz CT molecular complexity index is 534. The maximum atomic E-state index is 12.0. The highest BCUT2D eigenvalue weighted by Crippen LogP contribution is 2.31. The van der Waals surface area contributed by atoms with Gasteiger partial charge >= 0.3 is 6.61 Å². The Morgan fingerprint density at radius 3 is 2.53 bits per heavy atom. The van der Waals surface area contributed by atoms with Crippen LogP contribution in [0.1, 0.15) is 25.8 Å². The Hall–Kier alpha value is -1.30. The van der Waals surface area contributed by atoms with Crippen LogP contribution in [0, 0.1) is 0 Å². The first-order chi connectivity index (χ1) is 7.86. The van der Waals surface area contributed by atoms with Gasteiger partial charge in [-0.3, -0.25) is 0 Å². The third-order valence-corrected chi connectivity index (χ3v) is 3.47. The van der Waals surface area contributed by atoms with E-state index in [1.807, 2.05) is 20.8 Å². The van der Waals surface area contributed by atoms with Gasteiger partial charge in [0.1, 0.15) is 15.4 Å². The number of fused-ring (bicyclic) bond motifs is 1. The smallest absolute Gasteiger partial charge is 0.388 e. The maximum Gasteiger partial charge on any atom is 0.388 e. The molecule has 3 nitrogen and oxygen atoms in total. The van der Waals surface area contributed by atoms with E-state index in [1.165, 1.54) is 17.4 Å². The van der Waals surface area contributed by atoms with Crippen LogP contribution in [0.25, 0.3) is 10.3 Å². The highest BCUT2D eigenvalue weighted by molar-refractivity contribution is 7.18. The number of thiazole rings is 1. The lowest BCUT2D eigenvalue weighted by molar-refractivity contribution is -0.0526. The Labute approximate surface area is 101 Å². The Kier molecular flexibility index (Phi) is 2.99. The van der Waals surface area contributed by atoms with Crippen molar-refractivity contribution >= 4 is 21.7 Å². The fourth-order valence-electron chi connectivity index (χ4n) is 1.28. The molecular weight excluding hydrogens is 246 g/mol. The van der Waals surface area contributed by atoms with Crippen LogP contribution in [-0.2, 0) is 5.41 Å². The van der Waals surface area contributed by atoms with Crippen LogP contribution in [0.15, 0.2) is 12.1 Å². The third kappa shape index (κ3) is 2.69. The Morgan fingerprint density at radius 1 is 1.24 bits per heavy atom. The molecule has 0 aliphatic rings. The van der Waals surface area contributed by atoms with Crippen molar-refractivity contribution in [3.63, 3.8) is 0 Å². The zero-order valence-electron chi connectivity index (χ0n) is 9.70. The van der Waals surface area contributed by atoms with E-state index < -0.39 is 6.61 Å². The molecule has 0 N–H and O–H groups in total. The van der Waals surface area contributed by atoms with Crippen molar-refractivity contribution in [1.29, 1.82) is 0 Å². The molecule has 0 fully saturated rings. The molecule has 0 aliphatic carbocycles. The first kappa shape index (κ1) is 12.2. The molecule has 0 spiro atoms. The van der Waals surface area contributed by atoms with Crippen LogP contribution in [0.4, 0.5) is 8.78 Å². The molecule has 2 aromatic rings. The lowest BCUT2D eigenvalue weighted by Crippen LogP contribution is -2.09. The van der Waals surface area contributed by atoms with E-state index in [9.17, 15) is 8.78 Å². The van der Waals surface area contributed by atoms with Gasteiger partial charge in [0, 0.05) is 11.5 Å². The Balaban J connectivity index is 2.41. The second-order valence-electron chi connectivity index (χ2n) is 4.62. The lowest BCUT2D eigenvalue weighted by atomic mass is 9.98. The van der Waals surface area contributed by atoms with E-state index in [4.69, 9.17) is 0 Å². The van der Waals surface area contributed by atoms with Gasteiger partial charge in [0.15, 0.2) is 0 Å². The molecular formula is C11H12F2N2OS. The third-order valence-electron chi connectivity index (χ3n) is 2.08. The number of hydrogen-bond acceptors (Lipinski definition) is 4. The van der Waals surface area contributed by atoms with Gasteiger partial charge in [-0.2, -0.15) is 8.78 Å². The average Bonchev–Trinajstić information content (AvgIpc) is 2.58. The number of halogens is 2. The summed E-state index contributed by atoms with van der Waals surface area (Å²) in [4.78, 5) is 9.04. The molecule has 2 heterocycles. The predicted molar refractivity (Wildman–Crippen MR) is 62.7 cm³/mol. The number of ether oxygens (including phenoxy) is 1. The molecule has 0 saturated carbocycles. The summed E-state index contributed by atoms with van der Waals surface area (Å²) in [5, 5.41) is 0.925. The van der Waals surface area contributed by atoms with Crippen molar-refractivity contribution in [2.24, 2.45) is 0 Å². The fourth-order valence-corrected chi connectivity index (χ4v) is 2.27. The van der Waals surface area contributed by atoms with Gasteiger partial charge in [0.25, 0.3) is 0 Å². The van der Waals surface area contributed by atoms with E-state index in [0.29, 0.717) is 10.3 Å². The molecule has 92 valence electrons. The highest BCUT2D eigenvalue weighted by atomic mass is 32.1. The molecule has 2 aromatic heterocycles. The number of pyridine rings is 1. The summed E-state index contributed by atoms with van der Waals surface area (Å²) in [5.41, 5.74) is 0.635. The summed E-state index contributed by atoms with van der Waals surface area (Å²) in [7, 11) is 0. The minimum Gasteiger partial charge on any atom is -0.417 e. The van der Waals surface area contributed by atoms with Gasteiger partial charge in [-0.1, -0.05) is 32.1 Å². The van der Waals surface area contributed by atoms with Crippen LogP contribution >= 0.6 is 11.3 Å². The molecule has 0 aliphatic heterocycles.